The second-order valence-corrected chi connectivity index (χ2v) is 4.63. The van der Waals surface area contributed by atoms with E-state index in [0.29, 0.717) is 25.9 Å². The molecule has 2 amide bonds. The van der Waals surface area contributed by atoms with E-state index in [4.69, 9.17) is 5.11 Å². The van der Waals surface area contributed by atoms with Gasteiger partial charge in [-0.05, 0) is 19.8 Å². The summed E-state index contributed by atoms with van der Waals surface area (Å²) < 4.78 is 0. The quantitative estimate of drug-likeness (QED) is 0.677. The van der Waals surface area contributed by atoms with E-state index in [1.165, 1.54) is 4.90 Å². The van der Waals surface area contributed by atoms with Gasteiger partial charge in [0.05, 0.1) is 11.8 Å². The summed E-state index contributed by atoms with van der Waals surface area (Å²) in [5, 5.41) is 11.6. The molecule has 0 bridgehead atoms. The molecule has 2 N–H and O–H groups in total. The lowest BCUT2D eigenvalue weighted by atomic mass is 9.72. The summed E-state index contributed by atoms with van der Waals surface area (Å²) in [6.45, 7) is 2.58. The molecule has 0 aromatic heterocycles. The summed E-state index contributed by atoms with van der Waals surface area (Å²) in [7, 11) is 0. The topological polar surface area (TPSA) is 86.7 Å². The maximum atomic E-state index is 12.1. The fraction of sp³-hybridized carbons (Fsp3) is 0.727. The summed E-state index contributed by atoms with van der Waals surface area (Å²) in [5.74, 6) is -2.29. The van der Waals surface area contributed by atoms with Crippen LogP contribution in [0.5, 0.6) is 0 Å². The molecule has 1 saturated heterocycles. The Hall–Kier alpha value is -1.59. The molecule has 0 spiro atoms. The van der Waals surface area contributed by atoms with Crippen molar-refractivity contribution in [2.75, 3.05) is 13.1 Å². The Labute approximate surface area is 99.0 Å². The van der Waals surface area contributed by atoms with Gasteiger partial charge in [0.2, 0.25) is 11.8 Å². The number of rotatable bonds is 2. The molecule has 6 nitrogen and oxygen atoms in total. The summed E-state index contributed by atoms with van der Waals surface area (Å²) in [4.78, 5) is 35.9. The Morgan fingerprint density at radius 1 is 1.35 bits per heavy atom. The highest BCUT2D eigenvalue weighted by Gasteiger charge is 2.45. The number of carboxylic acids is 1. The zero-order valence-electron chi connectivity index (χ0n) is 9.68. The molecule has 2 rings (SSSR count). The first-order chi connectivity index (χ1) is 8.02. The largest absolute Gasteiger partial charge is 0.481 e. The molecule has 17 heavy (non-hydrogen) atoms. The number of hydrogen-bond donors (Lipinski definition) is 2. The number of hydrogen-bond acceptors (Lipinski definition) is 3. The minimum atomic E-state index is -0.913. The monoisotopic (exact) mass is 240 g/mol. The van der Waals surface area contributed by atoms with E-state index in [2.05, 4.69) is 5.32 Å². The number of aliphatic carboxylic acids is 1. The van der Waals surface area contributed by atoms with Gasteiger partial charge in [0, 0.05) is 13.1 Å². The molecule has 3 atom stereocenters. The van der Waals surface area contributed by atoms with E-state index in [1.807, 2.05) is 0 Å². The number of carboxylic acid groups (broad SMARTS) is 1. The van der Waals surface area contributed by atoms with Crippen molar-refractivity contribution in [2.24, 2.45) is 11.8 Å². The SMILES string of the molecule is CC1C(=O)NCCN1C(=O)C1CCC1C(=O)O. The average Bonchev–Trinajstić information content (AvgIpc) is 2.19. The molecule has 1 aliphatic heterocycles. The maximum Gasteiger partial charge on any atom is 0.307 e. The Balaban J connectivity index is 2.04. The van der Waals surface area contributed by atoms with Gasteiger partial charge >= 0.3 is 5.97 Å². The van der Waals surface area contributed by atoms with E-state index in [9.17, 15) is 14.4 Å². The molecule has 2 fully saturated rings. The maximum absolute atomic E-state index is 12.1. The second-order valence-electron chi connectivity index (χ2n) is 4.63. The first kappa shape index (κ1) is 11.9. The Morgan fingerprint density at radius 3 is 2.53 bits per heavy atom. The molecule has 0 radical (unpaired) electrons. The van der Waals surface area contributed by atoms with Gasteiger partial charge in [-0.2, -0.15) is 0 Å². The zero-order chi connectivity index (χ0) is 12.6. The van der Waals surface area contributed by atoms with Crippen molar-refractivity contribution in [1.82, 2.24) is 10.2 Å². The van der Waals surface area contributed by atoms with Gasteiger partial charge in [-0.15, -0.1) is 0 Å². The van der Waals surface area contributed by atoms with E-state index in [-0.39, 0.29) is 11.8 Å². The summed E-state index contributed by atoms with van der Waals surface area (Å²) >= 11 is 0. The smallest absolute Gasteiger partial charge is 0.307 e. The lowest BCUT2D eigenvalue weighted by molar-refractivity contribution is -0.159. The first-order valence-corrected chi connectivity index (χ1v) is 5.83. The Bertz CT molecular complexity index is 368. The predicted octanol–water partition coefficient (Wildman–Crippen LogP) is -0.556. The summed E-state index contributed by atoms with van der Waals surface area (Å²) in [6.07, 6.45) is 1.17. The van der Waals surface area contributed by atoms with E-state index >= 15 is 0 Å². The second kappa shape index (κ2) is 4.35. The molecule has 2 aliphatic rings. The van der Waals surface area contributed by atoms with Crippen LogP contribution in [0.1, 0.15) is 19.8 Å². The Morgan fingerprint density at radius 2 is 2.00 bits per heavy atom. The highest BCUT2D eigenvalue weighted by molar-refractivity contribution is 5.91. The fourth-order valence-electron chi connectivity index (χ4n) is 2.39. The van der Waals surface area contributed by atoms with Gasteiger partial charge in [0.15, 0.2) is 0 Å². The lowest BCUT2D eigenvalue weighted by Crippen LogP contribution is -2.59. The van der Waals surface area contributed by atoms with E-state index in [0.717, 1.165) is 0 Å². The van der Waals surface area contributed by atoms with Crippen LogP contribution < -0.4 is 5.32 Å². The van der Waals surface area contributed by atoms with Crippen molar-refractivity contribution in [3.63, 3.8) is 0 Å². The van der Waals surface area contributed by atoms with Gasteiger partial charge < -0.3 is 15.3 Å². The van der Waals surface area contributed by atoms with Crippen LogP contribution in [0.4, 0.5) is 0 Å². The first-order valence-electron chi connectivity index (χ1n) is 5.83. The van der Waals surface area contributed by atoms with Crippen LogP contribution in [0.15, 0.2) is 0 Å². The van der Waals surface area contributed by atoms with Crippen LogP contribution in [0.25, 0.3) is 0 Å². The van der Waals surface area contributed by atoms with Gasteiger partial charge in [-0.1, -0.05) is 0 Å². The van der Waals surface area contributed by atoms with Crippen LogP contribution >= 0.6 is 0 Å². The molecule has 1 aliphatic carbocycles. The lowest BCUT2D eigenvalue weighted by Gasteiger charge is -2.40. The molecule has 0 aromatic rings. The molecule has 0 aromatic carbocycles. The van der Waals surface area contributed by atoms with Crippen molar-refractivity contribution >= 4 is 17.8 Å². The Kier molecular flexibility index (Phi) is 3.04. The van der Waals surface area contributed by atoms with Crippen LogP contribution in [0.2, 0.25) is 0 Å². The number of piperazine rings is 1. The van der Waals surface area contributed by atoms with Crippen LogP contribution in [0.3, 0.4) is 0 Å². The van der Waals surface area contributed by atoms with Crippen LogP contribution in [-0.2, 0) is 14.4 Å². The summed E-state index contributed by atoms with van der Waals surface area (Å²) in [5.41, 5.74) is 0. The number of carbonyl (C=O) groups excluding carboxylic acids is 2. The summed E-state index contributed by atoms with van der Waals surface area (Å²) in [6, 6.07) is -0.494. The third kappa shape index (κ3) is 1.99. The molecule has 94 valence electrons. The van der Waals surface area contributed by atoms with Crippen molar-refractivity contribution in [3.05, 3.63) is 0 Å². The minimum absolute atomic E-state index is 0.171. The standard InChI is InChI=1S/C11H16N2O4/c1-6-9(14)12-4-5-13(6)10(15)7-2-3-8(7)11(16)17/h6-8H,2-5H2,1H3,(H,12,14)(H,16,17). The van der Waals surface area contributed by atoms with Gasteiger partial charge in [0.1, 0.15) is 6.04 Å². The predicted molar refractivity (Wildman–Crippen MR) is 58.0 cm³/mol. The number of amides is 2. The highest BCUT2D eigenvalue weighted by atomic mass is 16.4. The molecule has 1 heterocycles. The number of carbonyl (C=O) groups is 3. The highest BCUT2D eigenvalue weighted by Crippen LogP contribution is 2.36. The number of nitrogens with one attached hydrogen (secondary N) is 1. The molecule has 6 heteroatoms. The van der Waals surface area contributed by atoms with Crippen molar-refractivity contribution in [1.29, 1.82) is 0 Å². The fourth-order valence-corrected chi connectivity index (χ4v) is 2.39. The van der Waals surface area contributed by atoms with Crippen LogP contribution in [0, 0.1) is 11.8 Å². The molecule has 3 unspecified atom stereocenters. The van der Waals surface area contributed by atoms with Crippen molar-refractivity contribution in [2.45, 2.75) is 25.8 Å². The third-order valence-corrected chi connectivity index (χ3v) is 3.69. The average molecular weight is 240 g/mol. The molecule has 1 saturated carbocycles. The normalized spacial score (nSPS) is 32.6. The van der Waals surface area contributed by atoms with Gasteiger partial charge in [0.25, 0.3) is 0 Å². The van der Waals surface area contributed by atoms with E-state index < -0.39 is 23.8 Å². The van der Waals surface area contributed by atoms with Gasteiger partial charge in [-0.25, -0.2) is 0 Å². The molecular weight excluding hydrogens is 224 g/mol. The van der Waals surface area contributed by atoms with E-state index in [1.54, 1.807) is 6.92 Å². The third-order valence-electron chi connectivity index (χ3n) is 3.69. The van der Waals surface area contributed by atoms with Crippen molar-refractivity contribution in [3.8, 4) is 0 Å². The van der Waals surface area contributed by atoms with Gasteiger partial charge in [-0.3, -0.25) is 14.4 Å². The number of nitrogens with zero attached hydrogens (tertiary/aromatic N) is 1. The van der Waals surface area contributed by atoms with Crippen LogP contribution in [-0.4, -0.2) is 46.9 Å². The minimum Gasteiger partial charge on any atom is -0.481 e. The molecular formula is C11H16N2O4. The zero-order valence-corrected chi connectivity index (χ0v) is 9.68. The van der Waals surface area contributed by atoms with Crippen molar-refractivity contribution < 1.29 is 19.5 Å².